The van der Waals surface area contributed by atoms with Crippen molar-refractivity contribution < 1.29 is 4.74 Å². The Kier molecular flexibility index (Phi) is 4.69. The molecular formula is C17H20ClNO. The van der Waals surface area contributed by atoms with Crippen LogP contribution in [-0.4, -0.2) is 13.7 Å². The molecule has 1 unspecified atom stereocenters. The van der Waals surface area contributed by atoms with E-state index in [1.165, 1.54) is 5.56 Å². The SMILES string of the molecule is COc1cccc(C(C)(CN)Cc2ccccc2Cl)c1. The van der Waals surface area contributed by atoms with Crippen molar-refractivity contribution in [2.45, 2.75) is 18.8 Å². The maximum absolute atomic E-state index is 6.27. The molecule has 0 aliphatic rings. The van der Waals surface area contributed by atoms with E-state index in [0.29, 0.717) is 6.54 Å². The first kappa shape index (κ1) is 14.9. The van der Waals surface area contributed by atoms with Gasteiger partial charge in [0.15, 0.2) is 0 Å². The summed E-state index contributed by atoms with van der Waals surface area (Å²) >= 11 is 6.27. The number of benzene rings is 2. The molecule has 2 rings (SSSR count). The molecule has 0 saturated heterocycles. The highest BCUT2D eigenvalue weighted by Gasteiger charge is 2.26. The van der Waals surface area contributed by atoms with E-state index < -0.39 is 0 Å². The molecule has 0 fully saturated rings. The average molecular weight is 290 g/mol. The van der Waals surface area contributed by atoms with Gasteiger partial charge in [-0.2, -0.15) is 0 Å². The molecule has 20 heavy (non-hydrogen) atoms. The van der Waals surface area contributed by atoms with Crippen LogP contribution in [0.3, 0.4) is 0 Å². The topological polar surface area (TPSA) is 35.2 Å². The lowest BCUT2D eigenvalue weighted by Gasteiger charge is -2.29. The summed E-state index contributed by atoms with van der Waals surface area (Å²) in [7, 11) is 1.67. The van der Waals surface area contributed by atoms with Gasteiger partial charge in [0.05, 0.1) is 7.11 Å². The molecule has 0 bridgehead atoms. The van der Waals surface area contributed by atoms with Crippen LogP contribution >= 0.6 is 11.6 Å². The molecule has 106 valence electrons. The Bertz CT molecular complexity index is 585. The van der Waals surface area contributed by atoms with E-state index in [-0.39, 0.29) is 5.41 Å². The summed E-state index contributed by atoms with van der Waals surface area (Å²) in [6.45, 7) is 2.70. The van der Waals surface area contributed by atoms with Gasteiger partial charge in [0, 0.05) is 17.0 Å². The zero-order valence-electron chi connectivity index (χ0n) is 11.9. The zero-order chi connectivity index (χ0) is 14.6. The Morgan fingerprint density at radius 3 is 2.55 bits per heavy atom. The van der Waals surface area contributed by atoms with Crippen molar-refractivity contribution in [3.8, 4) is 5.75 Å². The normalized spacial score (nSPS) is 13.8. The molecule has 2 nitrogen and oxygen atoms in total. The largest absolute Gasteiger partial charge is 0.497 e. The zero-order valence-corrected chi connectivity index (χ0v) is 12.7. The van der Waals surface area contributed by atoms with E-state index in [4.69, 9.17) is 22.1 Å². The van der Waals surface area contributed by atoms with Gasteiger partial charge < -0.3 is 10.5 Å². The van der Waals surface area contributed by atoms with Crippen molar-refractivity contribution >= 4 is 11.6 Å². The third-order valence-corrected chi connectivity index (χ3v) is 4.12. The Labute approximate surface area is 125 Å². The van der Waals surface area contributed by atoms with E-state index in [1.807, 2.05) is 36.4 Å². The lowest BCUT2D eigenvalue weighted by atomic mass is 9.77. The standard InChI is InChI=1S/C17H20ClNO/c1-17(12-19,11-13-6-3-4-9-16(13)18)14-7-5-8-15(10-14)20-2/h3-10H,11-12,19H2,1-2H3. The lowest BCUT2D eigenvalue weighted by molar-refractivity contribution is 0.410. The molecule has 0 amide bonds. The molecule has 2 N–H and O–H groups in total. The van der Waals surface area contributed by atoms with Gasteiger partial charge in [-0.15, -0.1) is 0 Å². The van der Waals surface area contributed by atoms with Gasteiger partial charge in [-0.25, -0.2) is 0 Å². The molecule has 0 aliphatic heterocycles. The first-order valence-electron chi connectivity index (χ1n) is 6.67. The van der Waals surface area contributed by atoms with Gasteiger partial charge >= 0.3 is 0 Å². The second kappa shape index (κ2) is 6.29. The fourth-order valence-electron chi connectivity index (χ4n) is 2.35. The van der Waals surface area contributed by atoms with Gasteiger partial charge in [0.25, 0.3) is 0 Å². The summed E-state index contributed by atoms with van der Waals surface area (Å²) in [5.41, 5.74) is 8.16. The van der Waals surface area contributed by atoms with Crippen LogP contribution in [0.4, 0.5) is 0 Å². The highest BCUT2D eigenvalue weighted by molar-refractivity contribution is 6.31. The van der Waals surface area contributed by atoms with E-state index in [2.05, 4.69) is 19.1 Å². The molecule has 2 aromatic rings. The van der Waals surface area contributed by atoms with Crippen molar-refractivity contribution in [2.24, 2.45) is 5.73 Å². The molecule has 0 aliphatic carbocycles. The first-order valence-corrected chi connectivity index (χ1v) is 7.05. The third kappa shape index (κ3) is 3.14. The minimum Gasteiger partial charge on any atom is -0.497 e. The summed E-state index contributed by atoms with van der Waals surface area (Å²) in [6.07, 6.45) is 0.802. The Hall–Kier alpha value is -1.51. The smallest absolute Gasteiger partial charge is 0.119 e. The van der Waals surface area contributed by atoms with Crippen LogP contribution in [0, 0.1) is 0 Å². The Morgan fingerprint density at radius 2 is 1.90 bits per heavy atom. The van der Waals surface area contributed by atoms with Crippen molar-refractivity contribution in [3.63, 3.8) is 0 Å². The first-order chi connectivity index (χ1) is 9.59. The number of methoxy groups -OCH3 is 1. The Balaban J connectivity index is 2.35. The van der Waals surface area contributed by atoms with Crippen molar-refractivity contribution in [1.29, 1.82) is 0 Å². The summed E-state index contributed by atoms with van der Waals surface area (Å²) in [4.78, 5) is 0. The summed E-state index contributed by atoms with van der Waals surface area (Å²) in [6, 6.07) is 16.0. The van der Waals surface area contributed by atoms with E-state index >= 15 is 0 Å². The highest BCUT2D eigenvalue weighted by atomic mass is 35.5. The van der Waals surface area contributed by atoms with Gasteiger partial charge in [0.2, 0.25) is 0 Å². The van der Waals surface area contributed by atoms with Crippen molar-refractivity contribution in [1.82, 2.24) is 0 Å². The number of ether oxygens (including phenoxy) is 1. The molecule has 0 spiro atoms. The molecule has 1 atom stereocenters. The number of halogens is 1. The second-order valence-corrected chi connectivity index (χ2v) is 5.67. The minimum absolute atomic E-state index is 0.167. The van der Waals surface area contributed by atoms with Gasteiger partial charge in [-0.3, -0.25) is 0 Å². The van der Waals surface area contributed by atoms with Crippen LogP contribution in [0.5, 0.6) is 5.75 Å². The van der Waals surface area contributed by atoms with Gasteiger partial charge in [0.1, 0.15) is 5.75 Å². The maximum Gasteiger partial charge on any atom is 0.119 e. The molecular weight excluding hydrogens is 270 g/mol. The maximum atomic E-state index is 6.27. The van der Waals surface area contributed by atoms with Gasteiger partial charge in [-0.1, -0.05) is 48.9 Å². The Morgan fingerprint density at radius 1 is 1.15 bits per heavy atom. The third-order valence-electron chi connectivity index (χ3n) is 3.76. The van der Waals surface area contributed by atoms with E-state index in [1.54, 1.807) is 7.11 Å². The number of nitrogens with two attached hydrogens (primary N) is 1. The molecule has 0 saturated carbocycles. The molecule has 0 heterocycles. The molecule has 3 heteroatoms. The van der Waals surface area contributed by atoms with Crippen LogP contribution in [0.25, 0.3) is 0 Å². The summed E-state index contributed by atoms with van der Waals surface area (Å²) in [5.74, 6) is 0.848. The predicted molar refractivity (Wildman–Crippen MR) is 84.6 cm³/mol. The van der Waals surface area contributed by atoms with Gasteiger partial charge in [-0.05, 0) is 35.7 Å². The number of hydrogen-bond donors (Lipinski definition) is 1. The predicted octanol–water partition coefficient (Wildman–Crippen LogP) is 3.81. The van der Waals surface area contributed by atoms with Crippen LogP contribution in [0.2, 0.25) is 5.02 Å². The van der Waals surface area contributed by atoms with Crippen LogP contribution < -0.4 is 10.5 Å². The van der Waals surface area contributed by atoms with Crippen LogP contribution in [-0.2, 0) is 11.8 Å². The summed E-state index contributed by atoms with van der Waals surface area (Å²) in [5, 5.41) is 0.787. The molecule has 0 aromatic heterocycles. The van der Waals surface area contributed by atoms with E-state index in [9.17, 15) is 0 Å². The quantitative estimate of drug-likeness (QED) is 0.908. The highest BCUT2D eigenvalue weighted by Crippen LogP contribution is 2.31. The number of rotatable bonds is 5. The number of hydrogen-bond acceptors (Lipinski definition) is 2. The van der Waals surface area contributed by atoms with Crippen LogP contribution in [0.1, 0.15) is 18.1 Å². The fourth-order valence-corrected chi connectivity index (χ4v) is 2.56. The second-order valence-electron chi connectivity index (χ2n) is 5.26. The minimum atomic E-state index is -0.167. The molecule has 2 aromatic carbocycles. The average Bonchev–Trinajstić information content (AvgIpc) is 2.49. The fraction of sp³-hybridized carbons (Fsp3) is 0.294. The lowest BCUT2D eigenvalue weighted by Crippen LogP contribution is -2.34. The monoisotopic (exact) mass is 289 g/mol. The van der Waals surface area contributed by atoms with Crippen molar-refractivity contribution in [3.05, 3.63) is 64.7 Å². The van der Waals surface area contributed by atoms with E-state index in [0.717, 1.165) is 22.8 Å². The van der Waals surface area contributed by atoms with Crippen LogP contribution in [0.15, 0.2) is 48.5 Å². The van der Waals surface area contributed by atoms with Crippen molar-refractivity contribution in [2.75, 3.05) is 13.7 Å². The molecule has 0 radical (unpaired) electrons. The summed E-state index contributed by atoms with van der Waals surface area (Å²) < 4.78 is 5.30.